The number of tetrazole rings is 1. The lowest BCUT2D eigenvalue weighted by Crippen LogP contribution is -2.15. The highest BCUT2D eigenvalue weighted by molar-refractivity contribution is 7.99. The summed E-state index contributed by atoms with van der Waals surface area (Å²) in [7, 11) is 1.61. The SMILES string of the molecule is COc1ccc(Cn2nnnc2SCC(=O)Nc2ccc(F)c(Cl)c2)cc1. The fraction of sp³-hybridized carbons (Fsp3) is 0.176. The Bertz CT molecular complexity index is 935. The fourth-order valence-electron chi connectivity index (χ4n) is 2.20. The molecule has 0 bridgehead atoms. The summed E-state index contributed by atoms with van der Waals surface area (Å²) in [6.45, 7) is 0.467. The second-order valence-corrected chi connectivity index (χ2v) is 6.78. The lowest BCUT2D eigenvalue weighted by molar-refractivity contribution is -0.113. The van der Waals surface area contributed by atoms with E-state index in [1.807, 2.05) is 24.3 Å². The average molecular weight is 408 g/mol. The Morgan fingerprint density at radius 1 is 1.30 bits per heavy atom. The molecule has 3 rings (SSSR count). The number of hydrogen-bond acceptors (Lipinski definition) is 6. The molecule has 3 aromatic rings. The van der Waals surface area contributed by atoms with Crippen molar-refractivity contribution in [3.8, 4) is 5.75 Å². The van der Waals surface area contributed by atoms with Crippen molar-refractivity contribution in [1.82, 2.24) is 20.2 Å². The second kappa shape index (κ2) is 8.83. The molecule has 0 unspecified atom stereocenters. The third kappa shape index (κ3) is 5.18. The lowest BCUT2D eigenvalue weighted by atomic mass is 10.2. The van der Waals surface area contributed by atoms with Gasteiger partial charge in [0.25, 0.3) is 0 Å². The molecule has 0 aliphatic heterocycles. The first-order valence-electron chi connectivity index (χ1n) is 7.82. The number of aromatic nitrogens is 4. The number of carbonyl (C=O) groups excluding carboxylic acids is 1. The van der Waals surface area contributed by atoms with Crippen LogP contribution in [0.1, 0.15) is 5.56 Å². The Labute approximate surface area is 163 Å². The quantitative estimate of drug-likeness (QED) is 0.605. The minimum absolute atomic E-state index is 0.0520. The van der Waals surface area contributed by atoms with E-state index in [0.29, 0.717) is 17.4 Å². The minimum Gasteiger partial charge on any atom is -0.497 e. The largest absolute Gasteiger partial charge is 0.497 e. The van der Waals surface area contributed by atoms with Gasteiger partial charge in [-0.05, 0) is 46.3 Å². The number of amides is 1. The standard InChI is InChI=1S/C17H15ClFN5O2S/c1-26-13-5-2-11(3-6-13)9-24-17(21-22-23-24)27-10-16(25)20-12-4-7-15(19)14(18)8-12/h2-8H,9-10H2,1H3,(H,20,25). The fourth-order valence-corrected chi connectivity index (χ4v) is 3.06. The normalized spacial score (nSPS) is 10.6. The van der Waals surface area contributed by atoms with Crippen molar-refractivity contribution in [2.24, 2.45) is 0 Å². The van der Waals surface area contributed by atoms with Crippen LogP contribution < -0.4 is 10.1 Å². The summed E-state index contributed by atoms with van der Waals surface area (Å²) in [4.78, 5) is 12.1. The van der Waals surface area contributed by atoms with E-state index in [1.165, 1.54) is 30.0 Å². The number of hydrogen-bond donors (Lipinski definition) is 1. The summed E-state index contributed by atoms with van der Waals surface area (Å²) in [6, 6.07) is 11.5. The van der Waals surface area contributed by atoms with Crippen LogP contribution in [0.15, 0.2) is 47.6 Å². The molecular formula is C17H15ClFN5O2S. The second-order valence-electron chi connectivity index (χ2n) is 5.43. The maximum absolute atomic E-state index is 13.2. The van der Waals surface area contributed by atoms with Gasteiger partial charge in [0.05, 0.1) is 24.4 Å². The number of carbonyl (C=O) groups is 1. The molecule has 10 heteroatoms. The summed E-state index contributed by atoms with van der Waals surface area (Å²) in [5.74, 6) is 0.0453. The van der Waals surface area contributed by atoms with Gasteiger partial charge in [-0.15, -0.1) is 5.10 Å². The van der Waals surface area contributed by atoms with Crippen LogP contribution in [0.25, 0.3) is 0 Å². The number of anilines is 1. The van der Waals surface area contributed by atoms with Crippen molar-refractivity contribution >= 4 is 35.0 Å². The van der Waals surface area contributed by atoms with Crippen molar-refractivity contribution in [3.63, 3.8) is 0 Å². The molecule has 1 amide bonds. The van der Waals surface area contributed by atoms with Gasteiger partial charge < -0.3 is 10.1 Å². The van der Waals surface area contributed by atoms with Gasteiger partial charge in [-0.25, -0.2) is 9.07 Å². The third-order valence-corrected chi connectivity index (χ3v) is 4.77. The molecule has 1 aromatic heterocycles. The molecule has 0 atom stereocenters. The number of halogens is 2. The van der Waals surface area contributed by atoms with Crippen molar-refractivity contribution in [3.05, 3.63) is 58.9 Å². The lowest BCUT2D eigenvalue weighted by Gasteiger charge is -2.07. The predicted molar refractivity (Wildman–Crippen MR) is 101 cm³/mol. The van der Waals surface area contributed by atoms with Gasteiger partial charge in [-0.2, -0.15) is 0 Å². The van der Waals surface area contributed by atoms with E-state index in [2.05, 4.69) is 20.8 Å². The Morgan fingerprint density at radius 3 is 2.78 bits per heavy atom. The van der Waals surface area contributed by atoms with Crippen LogP contribution in [0.2, 0.25) is 5.02 Å². The Kier molecular flexibility index (Phi) is 6.25. The zero-order valence-corrected chi connectivity index (χ0v) is 15.8. The molecule has 2 aromatic carbocycles. The molecule has 7 nitrogen and oxygen atoms in total. The van der Waals surface area contributed by atoms with Gasteiger partial charge in [-0.1, -0.05) is 35.5 Å². The van der Waals surface area contributed by atoms with Gasteiger partial charge >= 0.3 is 0 Å². The highest BCUT2D eigenvalue weighted by Gasteiger charge is 2.11. The van der Waals surface area contributed by atoms with Crippen LogP contribution in [0.5, 0.6) is 5.75 Å². The predicted octanol–water partition coefficient (Wildman–Crippen LogP) is 3.25. The zero-order chi connectivity index (χ0) is 19.2. The molecule has 0 radical (unpaired) electrons. The molecule has 0 aliphatic rings. The number of methoxy groups -OCH3 is 1. The van der Waals surface area contributed by atoms with Crippen LogP contribution in [-0.4, -0.2) is 39.0 Å². The van der Waals surface area contributed by atoms with Crippen molar-refractivity contribution < 1.29 is 13.9 Å². The number of rotatable bonds is 7. The maximum atomic E-state index is 13.2. The number of ether oxygens (including phenoxy) is 1. The average Bonchev–Trinajstić information content (AvgIpc) is 3.11. The number of thioether (sulfide) groups is 1. The van der Waals surface area contributed by atoms with Crippen LogP contribution in [-0.2, 0) is 11.3 Å². The topological polar surface area (TPSA) is 81.9 Å². The van der Waals surface area contributed by atoms with Gasteiger partial charge in [0.1, 0.15) is 11.6 Å². The van der Waals surface area contributed by atoms with E-state index in [4.69, 9.17) is 16.3 Å². The molecule has 140 valence electrons. The molecule has 0 saturated carbocycles. The molecule has 0 aliphatic carbocycles. The smallest absolute Gasteiger partial charge is 0.234 e. The Balaban J connectivity index is 1.57. The van der Waals surface area contributed by atoms with Gasteiger partial charge in [0.15, 0.2) is 0 Å². The van der Waals surface area contributed by atoms with Crippen LogP contribution >= 0.6 is 23.4 Å². The molecule has 1 N–H and O–H groups in total. The molecule has 0 fully saturated rings. The van der Waals surface area contributed by atoms with E-state index in [-0.39, 0.29) is 16.7 Å². The van der Waals surface area contributed by atoms with E-state index in [0.717, 1.165) is 11.3 Å². The molecule has 0 spiro atoms. The van der Waals surface area contributed by atoms with Crippen molar-refractivity contribution in [2.45, 2.75) is 11.7 Å². The molecule has 0 saturated heterocycles. The first-order chi connectivity index (χ1) is 13.0. The minimum atomic E-state index is -0.540. The number of nitrogens with zero attached hydrogens (tertiary/aromatic N) is 4. The third-order valence-electron chi connectivity index (χ3n) is 3.53. The first-order valence-corrected chi connectivity index (χ1v) is 9.18. The molecule has 27 heavy (non-hydrogen) atoms. The number of benzene rings is 2. The Hall–Kier alpha value is -2.65. The number of nitrogens with one attached hydrogen (secondary N) is 1. The summed E-state index contributed by atoms with van der Waals surface area (Å²) in [5.41, 5.74) is 1.42. The zero-order valence-electron chi connectivity index (χ0n) is 14.2. The molecular weight excluding hydrogens is 393 g/mol. The summed E-state index contributed by atoms with van der Waals surface area (Å²) in [5, 5.41) is 14.7. The molecule has 1 heterocycles. The van der Waals surface area contributed by atoms with E-state index >= 15 is 0 Å². The van der Waals surface area contributed by atoms with Crippen molar-refractivity contribution in [2.75, 3.05) is 18.2 Å². The van der Waals surface area contributed by atoms with E-state index in [9.17, 15) is 9.18 Å². The van der Waals surface area contributed by atoms with Gasteiger partial charge in [0, 0.05) is 5.69 Å². The first kappa shape index (κ1) is 19.1. The monoisotopic (exact) mass is 407 g/mol. The van der Waals surface area contributed by atoms with Gasteiger partial charge in [0.2, 0.25) is 11.1 Å². The van der Waals surface area contributed by atoms with E-state index in [1.54, 1.807) is 11.8 Å². The Morgan fingerprint density at radius 2 is 2.07 bits per heavy atom. The highest BCUT2D eigenvalue weighted by atomic mass is 35.5. The van der Waals surface area contributed by atoms with Crippen molar-refractivity contribution in [1.29, 1.82) is 0 Å². The summed E-state index contributed by atoms with van der Waals surface area (Å²) in [6.07, 6.45) is 0. The summed E-state index contributed by atoms with van der Waals surface area (Å²) < 4.78 is 19.9. The van der Waals surface area contributed by atoms with Crippen LogP contribution in [0.4, 0.5) is 10.1 Å². The summed E-state index contributed by atoms with van der Waals surface area (Å²) >= 11 is 6.90. The van der Waals surface area contributed by atoms with Crippen LogP contribution in [0, 0.1) is 5.82 Å². The van der Waals surface area contributed by atoms with E-state index < -0.39 is 5.82 Å². The van der Waals surface area contributed by atoms with Crippen LogP contribution in [0.3, 0.4) is 0 Å². The maximum Gasteiger partial charge on any atom is 0.234 e. The highest BCUT2D eigenvalue weighted by Crippen LogP contribution is 2.21. The van der Waals surface area contributed by atoms with Gasteiger partial charge in [-0.3, -0.25) is 4.79 Å².